The third-order valence-electron chi connectivity index (χ3n) is 4.03. The van der Waals surface area contributed by atoms with Gasteiger partial charge in [0, 0.05) is 24.4 Å². The molecule has 7 heteroatoms. The standard InChI is InChI=1S/C17H18N6O/c1-11-13-10-12(5-6-15(13)23(22-11)8-9-24-2)19-17-16-14(20-21-17)4-3-7-18-16/h3-7,10H,8-9H2,1-2H3,(H2,19,20,21). The van der Waals surface area contributed by atoms with Crippen LogP contribution in [-0.2, 0) is 11.3 Å². The van der Waals surface area contributed by atoms with Crippen molar-refractivity contribution in [3.05, 3.63) is 42.2 Å². The topological polar surface area (TPSA) is 80.6 Å². The third-order valence-corrected chi connectivity index (χ3v) is 4.03. The molecule has 0 amide bonds. The number of fused-ring (bicyclic) bond motifs is 2. The molecule has 0 unspecified atom stereocenters. The van der Waals surface area contributed by atoms with E-state index in [9.17, 15) is 0 Å². The van der Waals surface area contributed by atoms with E-state index in [0.29, 0.717) is 6.61 Å². The first-order chi connectivity index (χ1) is 11.8. The zero-order chi connectivity index (χ0) is 16.5. The number of hydrogen-bond donors (Lipinski definition) is 2. The van der Waals surface area contributed by atoms with Crippen LogP contribution < -0.4 is 5.32 Å². The van der Waals surface area contributed by atoms with Crippen LogP contribution in [0.5, 0.6) is 0 Å². The van der Waals surface area contributed by atoms with Crippen LogP contribution in [-0.4, -0.2) is 38.7 Å². The number of ether oxygens (including phenoxy) is 1. The Morgan fingerprint density at radius 3 is 3.08 bits per heavy atom. The van der Waals surface area contributed by atoms with Crippen LogP contribution in [0.25, 0.3) is 21.9 Å². The number of benzene rings is 1. The van der Waals surface area contributed by atoms with Gasteiger partial charge >= 0.3 is 0 Å². The smallest absolute Gasteiger partial charge is 0.178 e. The molecule has 0 aliphatic carbocycles. The van der Waals surface area contributed by atoms with E-state index in [0.717, 1.165) is 45.7 Å². The Morgan fingerprint density at radius 2 is 2.21 bits per heavy atom. The second-order valence-electron chi connectivity index (χ2n) is 5.63. The fourth-order valence-corrected chi connectivity index (χ4v) is 2.84. The van der Waals surface area contributed by atoms with Crippen molar-refractivity contribution in [1.29, 1.82) is 0 Å². The van der Waals surface area contributed by atoms with Crippen molar-refractivity contribution >= 4 is 33.4 Å². The van der Waals surface area contributed by atoms with Gasteiger partial charge in [-0.15, -0.1) is 0 Å². The number of hydrogen-bond acceptors (Lipinski definition) is 5. The molecule has 0 fully saturated rings. The molecule has 4 aromatic rings. The van der Waals surface area contributed by atoms with Gasteiger partial charge in [0.05, 0.1) is 29.9 Å². The number of nitrogens with one attached hydrogen (secondary N) is 2. The fourth-order valence-electron chi connectivity index (χ4n) is 2.84. The maximum atomic E-state index is 5.15. The molecule has 0 bridgehead atoms. The minimum Gasteiger partial charge on any atom is -0.383 e. The normalized spacial score (nSPS) is 11.4. The largest absolute Gasteiger partial charge is 0.383 e. The van der Waals surface area contributed by atoms with Crippen LogP contribution in [0.3, 0.4) is 0 Å². The summed E-state index contributed by atoms with van der Waals surface area (Å²) in [6.45, 7) is 3.39. The van der Waals surface area contributed by atoms with E-state index in [2.05, 4.69) is 37.7 Å². The molecule has 4 rings (SSSR count). The van der Waals surface area contributed by atoms with E-state index in [1.165, 1.54) is 0 Å². The Hall–Kier alpha value is -2.93. The monoisotopic (exact) mass is 322 g/mol. The summed E-state index contributed by atoms with van der Waals surface area (Å²) >= 11 is 0. The van der Waals surface area contributed by atoms with E-state index >= 15 is 0 Å². The Bertz CT molecular complexity index is 1000. The molecule has 0 saturated carbocycles. The molecule has 122 valence electrons. The van der Waals surface area contributed by atoms with Gasteiger partial charge in [0.1, 0.15) is 5.52 Å². The van der Waals surface area contributed by atoms with Crippen LogP contribution >= 0.6 is 0 Å². The summed E-state index contributed by atoms with van der Waals surface area (Å²) in [5.74, 6) is 0.717. The average molecular weight is 322 g/mol. The van der Waals surface area contributed by atoms with E-state index < -0.39 is 0 Å². The Morgan fingerprint density at radius 1 is 1.29 bits per heavy atom. The average Bonchev–Trinajstić information content (AvgIpc) is 3.15. The highest BCUT2D eigenvalue weighted by molar-refractivity contribution is 5.90. The zero-order valence-electron chi connectivity index (χ0n) is 13.6. The highest BCUT2D eigenvalue weighted by atomic mass is 16.5. The molecule has 3 heterocycles. The second-order valence-corrected chi connectivity index (χ2v) is 5.63. The van der Waals surface area contributed by atoms with Crippen LogP contribution in [0.4, 0.5) is 11.5 Å². The van der Waals surface area contributed by atoms with Crippen molar-refractivity contribution in [2.75, 3.05) is 19.0 Å². The number of methoxy groups -OCH3 is 1. The Labute approximate surface area is 138 Å². The van der Waals surface area contributed by atoms with Gasteiger partial charge in [0.25, 0.3) is 0 Å². The van der Waals surface area contributed by atoms with E-state index in [1.807, 2.05) is 29.8 Å². The lowest BCUT2D eigenvalue weighted by atomic mass is 10.2. The molecule has 0 spiro atoms. The van der Waals surface area contributed by atoms with Crippen molar-refractivity contribution in [2.24, 2.45) is 0 Å². The summed E-state index contributed by atoms with van der Waals surface area (Å²) in [4.78, 5) is 4.37. The molecular formula is C17H18N6O. The molecule has 2 N–H and O–H groups in total. The number of nitrogens with zero attached hydrogens (tertiary/aromatic N) is 4. The third kappa shape index (κ3) is 2.48. The first kappa shape index (κ1) is 14.6. The first-order valence-corrected chi connectivity index (χ1v) is 7.78. The lowest BCUT2D eigenvalue weighted by molar-refractivity contribution is 0.185. The minimum absolute atomic E-state index is 0.640. The van der Waals surface area contributed by atoms with E-state index in [-0.39, 0.29) is 0 Å². The molecule has 0 saturated heterocycles. The summed E-state index contributed by atoms with van der Waals surface area (Å²) in [6.07, 6.45) is 1.76. The summed E-state index contributed by atoms with van der Waals surface area (Å²) in [5, 5.41) is 16.3. The van der Waals surface area contributed by atoms with E-state index in [1.54, 1.807) is 13.3 Å². The molecule has 1 aromatic carbocycles. The second kappa shape index (κ2) is 5.93. The summed E-state index contributed by atoms with van der Waals surface area (Å²) in [5.41, 5.74) is 4.78. The minimum atomic E-state index is 0.640. The van der Waals surface area contributed by atoms with Crippen molar-refractivity contribution in [1.82, 2.24) is 25.0 Å². The number of anilines is 2. The van der Waals surface area contributed by atoms with Crippen LogP contribution in [0.15, 0.2) is 36.5 Å². The molecule has 7 nitrogen and oxygen atoms in total. The van der Waals surface area contributed by atoms with E-state index in [4.69, 9.17) is 4.74 Å². The van der Waals surface area contributed by atoms with Crippen molar-refractivity contribution in [2.45, 2.75) is 13.5 Å². The number of rotatable bonds is 5. The molecule has 0 radical (unpaired) electrons. The van der Waals surface area contributed by atoms with Crippen LogP contribution in [0.2, 0.25) is 0 Å². The number of aromatic nitrogens is 5. The lowest BCUT2D eigenvalue weighted by Crippen LogP contribution is -2.05. The fraction of sp³-hybridized carbons (Fsp3) is 0.235. The number of aryl methyl sites for hydroxylation is 1. The summed E-state index contributed by atoms with van der Waals surface area (Å²) in [6, 6.07) is 10.0. The van der Waals surface area contributed by atoms with Crippen molar-refractivity contribution in [3.8, 4) is 0 Å². The first-order valence-electron chi connectivity index (χ1n) is 7.78. The van der Waals surface area contributed by atoms with Gasteiger partial charge < -0.3 is 10.1 Å². The van der Waals surface area contributed by atoms with Gasteiger partial charge in [0.2, 0.25) is 0 Å². The van der Waals surface area contributed by atoms with Gasteiger partial charge in [-0.05, 0) is 37.3 Å². The molecule has 0 aliphatic heterocycles. The maximum absolute atomic E-state index is 5.15. The van der Waals surface area contributed by atoms with Crippen LogP contribution in [0, 0.1) is 6.92 Å². The predicted octanol–water partition coefficient (Wildman–Crippen LogP) is 3.01. The maximum Gasteiger partial charge on any atom is 0.178 e. The van der Waals surface area contributed by atoms with Crippen LogP contribution in [0.1, 0.15) is 5.69 Å². The number of aromatic amines is 1. The Balaban J connectivity index is 1.69. The van der Waals surface area contributed by atoms with Gasteiger partial charge in [-0.3, -0.25) is 14.8 Å². The van der Waals surface area contributed by atoms with Gasteiger partial charge in [-0.2, -0.15) is 10.2 Å². The summed E-state index contributed by atoms with van der Waals surface area (Å²) in [7, 11) is 1.70. The van der Waals surface area contributed by atoms with Gasteiger partial charge in [-0.25, -0.2) is 0 Å². The predicted molar refractivity (Wildman–Crippen MR) is 93.5 cm³/mol. The quantitative estimate of drug-likeness (QED) is 0.590. The molecule has 24 heavy (non-hydrogen) atoms. The Kier molecular flexibility index (Phi) is 3.62. The molecule has 3 aromatic heterocycles. The summed E-state index contributed by atoms with van der Waals surface area (Å²) < 4.78 is 7.12. The highest BCUT2D eigenvalue weighted by Gasteiger charge is 2.10. The SMILES string of the molecule is COCCn1nc(C)c2cc(Nc3n[nH]c4cccnc34)ccc21. The molecular weight excluding hydrogens is 304 g/mol. The van der Waals surface area contributed by atoms with Crippen molar-refractivity contribution in [3.63, 3.8) is 0 Å². The lowest BCUT2D eigenvalue weighted by Gasteiger charge is -2.05. The zero-order valence-corrected chi connectivity index (χ0v) is 13.6. The van der Waals surface area contributed by atoms with Crippen molar-refractivity contribution < 1.29 is 4.74 Å². The molecule has 0 atom stereocenters. The molecule has 0 aliphatic rings. The van der Waals surface area contributed by atoms with Gasteiger partial charge in [-0.1, -0.05) is 0 Å². The number of H-pyrrole nitrogens is 1. The highest BCUT2D eigenvalue weighted by Crippen LogP contribution is 2.26. The van der Waals surface area contributed by atoms with Gasteiger partial charge in [0.15, 0.2) is 5.82 Å². The number of pyridine rings is 1.